The predicted molar refractivity (Wildman–Crippen MR) is 125 cm³/mol. The first kappa shape index (κ1) is 22.2. The van der Waals surface area contributed by atoms with Crippen LogP contribution in [-0.4, -0.2) is 20.2 Å². The minimum Gasteiger partial charge on any atom is -0.297 e. The van der Waals surface area contributed by atoms with Crippen LogP contribution in [-0.2, 0) is 14.3 Å². The van der Waals surface area contributed by atoms with Gasteiger partial charge in [-0.1, -0.05) is 111 Å². The van der Waals surface area contributed by atoms with E-state index < -0.39 is 14.4 Å². The first-order valence-electron chi connectivity index (χ1n) is 10.8. The molecular formula is C26H30O3Si. The maximum absolute atomic E-state index is 12.7. The maximum Gasteiger partial charge on any atom is 0.331 e. The molecule has 3 nitrogen and oxygen atoms in total. The molecule has 0 aliphatic carbocycles. The van der Waals surface area contributed by atoms with Crippen LogP contribution in [0.3, 0.4) is 0 Å². The third-order valence-corrected chi connectivity index (χ3v) is 9.02. The fourth-order valence-corrected chi connectivity index (χ4v) is 7.26. The minimum absolute atomic E-state index is 0.108. The Labute approximate surface area is 180 Å². The zero-order chi connectivity index (χ0) is 21.2. The molecule has 0 amide bonds. The number of carbonyl (C=O) groups excluding carboxylic acids is 1. The van der Waals surface area contributed by atoms with Crippen LogP contribution in [0.5, 0.6) is 0 Å². The highest BCUT2D eigenvalue weighted by Gasteiger charge is 2.44. The number of rotatable bonds is 11. The van der Waals surface area contributed by atoms with Gasteiger partial charge in [0.15, 0.2) is 5.78 Å². The Morgan fingerprint density at radius 3 is 1.53 bits per heavy atom. The lowest BCUT2D eigenvalue weighted by atomic mass is 10.1. The van der Waals surface area contributed by atoms with Gasteiger partial charge in [0, 0.05) is 6.42 Å². The van der Waals surface area contributed by atoms with Crippen molar-refractivity contribution in [3.63, 3.8) is 0 Å². The van der Waals surface area contributed by atoms with Crippen LogP contribution < -0.4 is 15.6 Å². The van der Waals surface area contributed by atoms with Crippen LogP contribution in [0.4, 0.5) is 0 Å². The van der Waals surface area contributed by atoms with Crippen LogP contribution in [0, 0.1) is 0 Å². The van der Waals surface area contributed by atoms with Gasteiger partial charge in [0.1, 0.15) is 6.10 Å². The molecule has 1 unspecified atom stereocenters. The largest absolute Gasteiger partial charge is 0.331 e. The van der Waals surface area contributed by atoms with E-state index in [0.717, 1.165) is 28.4 Å². The van der Waals surface area contributed by atoms with Crippen molar-refractivity contribution in [3.05, 3.63) is 91.0 Å². The molecular weight excluding hydrogens is 388 g/mol. The van der Waals surface area contributed by atoms with Gasteiger partial charge in [-0.25, -0.2) is 4.89 Å². The van der Waals surface area contributed by atoms with Gasteiger partial charge in [0.05, 0.1) is 0 Å². The molecule has 4 heteroatoms. The van der Waals surface area contributed by atoms with E-state index in [1.165, 1.54) is 0 Å². The fourth-order valence-electron chi connectivity index (χ4n) is 3.73. The van der Waals surface area contributed by atoms with E-state index in [9.17, 15) is 4.79 Å². The van der Waals surface area contributed by atoms with Crippen LogP contribution in [0.15, 0.2) is 91.0 Å². The molecule has 0 N–H and O–H groups in total. The molecule has 3 rings (SSSR count). The lowest BCUT2D eigenvalue weighted by Crippen LogP contribution is -2.69. The van der Waals surface area contributed by atoms with Crippen molar-refractivity contribution in [3.8, 4) is 0 Å². The number of carbonyl (C=O) groups is 1. The molecule has 0 aromatic heterocycles. The Bertz CT molecular complexity index is 801. The number of Topliss-reactive ketones (excluding diaryl/α,β-unsaturated/α-hetero) is 1. The molecule has 0 spiro atoms. The van der Waals surface area contributed by atoms with E-state index in [2.05, 4.69) is 43.3 Å². The van der Waals surface area contributed by atoms with E-state index in [1.54, 1.807) is 0 Å². The second-order valence-corrected chi connectivity index (χ2v) is 10.7. The van der Waals surface area contributed by atoms with E-state index in [-0.39, 0.29) is 5.78 Å². The minimum atomic E-state index is -2.96. The first-order valence-corrected chi connectivity index (χ1v) is 12.7. The first-order chi connectivity index (χ1) is 14.7. The smallest absolute Gasteiger partial charge is 0.297 e. The normalized spacial score (nSPS) is 12.5. The highest BCUT2D eigenvalue weighted by molar-refractivity contribution is 7.07. The zero-order valence-electron chi connectivity index (χ0n) is 17.8. The Balaban J connectivity index is 2.10. The fraction of sp³-hybridized carbons (Fsp3) is 0.269. The van der Waals surface area contributed by atoms with Gasteiger partial charge in [-0.3, -0.25) is 9.37 Å². The van der Waals surface area contributed by atoms with Gasteiger partial charge < -0.3 is 0 Å². The third-order valence-electron chi connectivity index (χ3n) is 5.24. The summed E-state index contributed by atoms with van der Waals surface area (Å²) in [6, 6.07) is 30.7. The SMILES string of the molecule is CCCC(=O)C(CCC)OO[Si](c1ccccc1)(c1ccccc1)c1ccccc1. The molecule has 0 saturated heterocycles. The summed E-state index contributed by atoms with van der Waals surface area (Å²) < 4.78 is 6.49. The third kappa shape index (κ3) is 4.96. The van der Waals surface area contributed by atoms with Crippen LogP contribution >= 0.6 is 0 Å². The van der Waals surface area contributed by atoms with Crippen molar-refractivity contribution in [2.45, 2.75) is 45.6 Å². The van der Waals surface area contributed by atoms with Crippen LogP contribution in [0.25, 0.3) is 0 Å². The lowest BCUT2D eigenvalue weighted by Gasteiger charge is -2.32. The van der Waals surface area contributed by atoms with Gasteiger partial charge >= 0.3 is 8.32 Å². The molecule has 0 aliphatic rings. The molecule has 3 aromatic rings. The molecule has 3 aromatic carbocycles. The lowest BCUT2D eigenvalue weighted by molar-refractivity contribution is -0.247. The Hall–Kier alpha value is -2.53. The summed E-state index contributed by atoms with van der Waals surface area (Å²) in [5.74, 6) is 0.108. The molecule has 0 saturated carbocycles. The van der Waals surface area contributed by atoms with Crippen molar-refractivity contribution in [2.24, 2.45) is 0 Å². The summed E-state index contributed by atoms with van der Waals surface area (Å²) in [7, 11) is -2.96. The van der Waals surface area contributed by atoms with Gasteiger partial charge in [0.25, 0.3) is 0 Å². The Morgan fingerprint density at radius 1 is 0.733 bits per heavy atom. The number of hydrogen-bond donors (Lipinski definition) is 0. The summed E-state index contributed by atoms with van der Waals surface area (Å²) >= 11 is 0. The van der Waals surface area contributed by atoms with Gasteiger partial charge in [0.2, 0.25) is 0 Å². The van der Waals surface area contributed by atoms with E-state index in [0.29, 0.717) is 12.8 Å². The average Bonchev–Trinajstić information content (AvgIpc) is 2.81. The summed E-state index contributed by atoms with van der Waals surface area (Å²) in [5, 5.41) is 3.25. The summed E-state index contributed by atoms with van der Waals surface area (Å²) in [6.07, 6.45) is 2.28. The van der Waals surface area contributed by atoms with Crippen molar-refractivity contribution in [1.82, 2.24) is 0 Å². The van der Waals surface area contributed by atoms with E-state index >= 15 is 0 Å². The summed E-state index contributed by atoms with van der Waals surface area (Å²) in [5.41, 5.74) is 0. The Kier molecular flexibility index (Phi) is 8.14. The molecule has 0 fully saturated rings. The molecule has 0 aliphatic heterocycles. The van der Waals surface area contributed by atoms with E-state index in [4.69, 9.17) is 9.46 Å². The standard InChI is InChI=1S/C26H30O3Si/c1-3-14-25(27)26(15-4-2)28-29-30(22-16-8-5-9-17-22,23-18-10-6-11-19-23)24-20-12-7-13-21-24/h5-13,16-21,26H,3-4,14-15H2,1-2H3. The highest BCUT2D eigenvalue weighted by Crippen LogP contribution is 2.15. The Morgan fingerprint density at radius 2 is 1.17 bits per heavy atom. The molecule has 0 bridgehead atoms. The monoisotopic (exact) mass is 418 g/mol. The molecule has 156 valence electrons. The average molecular weight is 419 g/mol. The van der Waals surface area contributed by atoms with Crippen LogP contribution in [0.2, 0.25) is 0 Å². The van der Waals surface area contributed by atoms with Crippen molar-refractivity contribution in [2.75, 3.05) is 0 Å². The van der Waals surface area contributed by atoms with Gasteiger partial charge in [-0.2, -0.15) is 0 Å². The number of hydrogen-bond acceptors (Lipinski definition) is 3. The molecule has 0 radical (unpaired) electrons. The predicted octanol–water partition coefficient (Wildman–Crippen LogP) is 4.14. The van der Waals surface area contributed by atoms with Crippen molar-refractivity contribution in [1.29, 1.82) is 0 Å². The molecule has 30 heavy (non-hydrogen) atoms. The van der Waals surface area contributed by atoms with Gasteiger partial charge in [-0.15, -0.1) is 0 Å². The quantitative estimate of drug-likeness (QED) is 0.203. The van der Waals surface area contributed by atoms with Crippen LogP contribution in [0.1, 0.15) is 39.5 Å². The molecule has 0 heterocycles. The maximum atomic E-state index is 12.7. The summed E-state index contributed by atoms with van der Waals surface area (Å²) in [6.45, 7) is 4.07. The summed E-state index contributed by atoms with van der Waals surface area (Å²) in [4.78, 5) is 18.7. The second-order valence-electron chi connectivity index (χ2n) is 7.45. The zero-order valence-corrected chi connectivity index (χ0v) is 18.8. The highest BCUT2D eigenvalue weighted by atomic mass is 28.4. The molecule has 1 atom stereocenters. The van der Waals surface area contributed by atoms with Crippen molar-refractivity contribution < 1.29 is 14.3 Å². The van der Waals surface area contributed by atoms with Gasteiger partial charge in [-0.05, 0) is 28.4 Å². The second kappa shape index (κ2) is 11.0. The number of benzene rings is 3. The number of ketones is 1. The van der Waals surface area contributed by atoms with E-state index in [1.807, 2.05) is 61.5 Å². The van der Waals surface area contributed by atoms with Crippen molar-refractivity contribution >= 4 is 29.7 Å². The topological polar surface area (TPSA) is 35.5 Å².